The lowest BCUT2D eigenvalue weighted by molar-refractivity contribution is -0.121. The van der Waals surface area contributed by atoms with Crippen LogP contribution in [0.25, 0.3) is 0 Å². The maximum Gasteiger partial charge on any atom is 0.224 e. The smallest absolute Gasteiger partial charge is 0.224 e. The Morgan fingerprint density at radius 2 is 1.67 bits per heavy atom. The van der Waals surface area contributed by atoms with Crippen LogP contribution in [0.5, 0.6) is 5.75 Å². The lowest BCUT2D eigenvalue weighted by Gasteiger charge is -2.15. The van der Waals surface area contributed by atoms with Gasteiger partial charge < -0.3 is 10.1 Å². The summed E-state index contributed by atoms with van der Waals surface area (Å²) < 4.78 is 28.0. The molecule has 0 fully saturated rings. The maximum atomic E-state index is 12.1. The number of benzene rings is 2. The Bertz CT molecular complexity index is 796. The molecule has 0 spiro atoms. The van der Waals surface area contributed by atoms with E-state index in [1.165, 1.54) is 6.26 Å². The highest BCUT2D eigenvalue weighted by Gasteiger charge is 2.12. The van der Waals surface area contributed by atoms with E-state index in [1.807, 2.05) is 31.2 Å². The molecule has 1 atom stereocenters. The maximum absolute atomic E-state index is 12.1. The highest BCUT2D eigenvalue weighted by Crippen LogP contribution is 2.17. The van der Waals surface area contributed by atoms with Crippen LogP contribution in [0.2, 0.25) is 0 Å². The minimum Gasteiger partial charge on any atom is -0.497 e. The Kier molecular flexibility index (Phi) is 5.62. The van der Waals surface area contributed by atoms with E-state index >= 15 is 0 Å². The topological polar surface area (TPSA) is 72.5 Å². The Hall–Kier alpha value is -2.34. The molecule has 0 radical (unpaired) electrons. The lowest BCUT2D eigenvalue weighted by atomic mass is 10.1. The number of nitrogens with one attached hydrogen (secondary N) is 1. The van der Waals surface area contributed by atoms with Gasteiger partial charge in [0.2, 0.25) is 5.91 Å². The minimum absolute atomic E-state index is 0.0974. The zero-order valence-corrected chi connectivity index (χ0v) is 14.8. The Balaban J connectivity index is 1.97. The molecule has 0 bridgehead atoms. The predicted octanol–water partition coefficient (Wildman–Crippen LogP) is 2.52. The Morgan fingerprint density at radius 1 is 1.08 bits per heavy atom. The first-order chi connectivity index (χ1) is 11.3. The van der Waals surface area contributed by atoms with Gasteiger partial charge in [-0.05, 0) is 42.3 Å². The number of hydrogen-bond acceptors (Lipinski definition) is 4. The minimum atomic E-state index is -3.21. The van der Waals surface area contributed by atoms with Gasteiger partial charge in [-0.1, -0.05) is 24.3 Å². The summed E-state index contributed by atoms with van der Waals surface area (Å²) in [5.41, 5.74) is 1.75. The average Bonchev–Trinajstić information content (AvgIpc) is 2.54. The number of amides is 1. The molecular weight excluding hydrogens is 326 g/mol. The van der Waals surface area contributed by atoms with E-state index in [1.54, 1.807) is 31.4 Å². The molecule has 128 valence electrons. The van der Waals surface area contributed by atoms with Crippen LogP contribution in [0.1, 0.15) is 24.1 Å². The van der Waals surface area contributed by atoms with Crippen LogP contribution >= 0.6 is 0 Å². The van der Waals surface area contributed by atoms with Crippen LogP contribution in [0.4, 0.5) is 0 Å². The van der Waals surface area contributed by atoms with Crippen molar-refractivity contribution in [2.75, 3.05) is 13.4 Å². The molecule has 0 unspecified atom stereocenters. The number of hydrogen-bond donors (Lipinski definition) is 1. The third kappa shape index (κ3) is 4.83. The molecular formula is C18H21NO4S. The van der Waals surface area contributed by atoms with Crippen molar-refractivity contribution in [2.45, 2.75) is 24.3 Å². The van der Waals surface area contributed by atoms with Gasteiger partial charge in [0, 0.05) is 6.26 Å². The van der Waals surface area contributed by atoms with E-state index < -0.39 is 9.84 Å². The van der Waals surface area contributed by atoms with E-state index in [2.05, 4.69) is 5.32 Å². The molecule has 1 amide bonds. The zero-order valence-electron chi connectivity index (χ0n) is 13.9. The molecule has 0 saturated carbocycles. The Labute approximate surface area is 142 Å². The number of sulfone groups is 1. The summed E-state index contributed by atoms with van der Waals surface area (Å²) in [5, 5.41) is 2.91. The van der Waals surface area contributed by atoms with Crippen LogP contribution in [0.15, 0.2) is 53.4 Å². The monoisotopic (exact) mass is 347 g/mol. The number of methoxy groups -OCH3 is 1. The van der Waals surface area contributed by atoms with Crippen molar-refractivity contribution in [2.24, 2.45) is 0 Å². The second-order valence-electron chi connectivity index (χ2n) is 5.66. The van der Waals surface area contributed by atoms with E-state index in [0.29, 0.717) is 0 Å². The molecule has 6 heteroatoms. The largest absolute Gasteiger partial charge is 0.497 e. The molecule has 0 aliphatic carbocycles. The van der Waals surface area contributed by atoms with E-state index in [9.17, 15) is 13.2 Å². The molecule has 24 heavy (non-hydrogen) atoms. The SMILES string of the molecule is COc1ccc(CC(=O)N[C@H](C)c2ccc(S(C)(=O)=O)cc2)cc1. The first-order valence-electron chi connectivity index (χ1n) is 7.52. The molecule has 1 N–H and O–H groups in total. The molecule has 0 aromatic heterocycles. The van der Waals surface area contributed by atoms with Crippen molar-refractivity contribution in [3.05, 3.63) is 59.7 Å². The van der Waals surface area contributed by atoms with Crippen molar-refractivity contribution in [3.8, 4) is 5.75 Å². The second-order valence-corrected chi connectivity index (χ2v) is 7.67. The molecule has 2 rings (SSSR count). The summed E-state index contributed by atoms with van der Waals surface area (Å²) in [6.45, 7) is 1.86. The molecule has 2 aromatic carbocycles. The fourth-order valence-electron chi connectivity index (χ4n) is 2.31. The molecule has 0 aliphatic rings. The molecule has 0 aliphatic heterocycles. The first kappa shape index (κ1) is 18.0. The molecule has 0 saturated heterocycles. The number of carbonyl (C=O) groups excluding carboxylic acids is 1. The quantitative estimate of drug-likeness (QED) is 0.871. The van der Waals surface area contributed by atoms with E-state index in [4.69, 9.17) is 4.74 Å². The first-order valence-corrected chi connectivity index (χ1v) is 9.41. The predicted molar refractivity (Wildman–Crippen MR) is 92.8 cm³/mol. The van der Waals surface area contributed by atoms with Gasteiger partial charge in [-0.15, -0.1) is 0 Å². The summed E-state index contributed by atoms with van der Waals surface area (Å²) in [7, 11) is -1.62. The summed E-state index contributed by atoms with van der Waals surface area (Å²) in [5.74, 6) is 0.651. The fourth-order valence-corrected chi connectivity index (χ4v) is 2.94. The standard InChI is InChI=1S/C18H21NO4S/c1-13(15-6-10-17(11-7-15)24(3,21)22)19-18(20)12-14-4-8-16(23-2)9-5-14/h4-11,13H,12H2,1-3H3,(H,19,20)/t13-/m1/s1. The number of carbonyl (C=O) groups is 1. The van der Waals surface area contributed by atoms with Crippen molar-refractivity contribution < 1.29 is 17.9 Å². The third-order valence-corrected chi connectivity index (χ3v) is 4.84. The van der Waals surface area contributed by atoms with Crippen molar-refractivity contribution in [3.63, 3.8) is 0 Å². The zero-order chi connectivity index (χ0) is 17.7. The molecule has 2 aromatic rings. The van der Waals surface area contributed by atoms with Gasteiger partial charge >= 0.3 is 0 Å². The van der Waals surface area contributed by atoms with Crippen LogP contribution in [-0.4, -0.2) is 27.7 Å². The average molecular weight is 347 g/mol. The van der Waals surface area contributed by atoms with Gasteiger partial charge in [0.05, 0.1) is 24.5 Å². The van der Waals surface area contributed by atoms with Crippen molar-refractivity contribution in [1.29, 1.82) is 0 Å². The number of rotatable bonds is 6. The summed E-state index contributed by atoms with van der Waals surface area (Å²) in [6, 6.07) is 13.7. The number of ether oxygens (including phenoxy) is 1. The van der Waals surface area contributed by atoms with Crippen LogP contribution in [-0.2, 0) is 21.1 Å². The van der Waals surface area contributed by atoms with Crippen molar-refractivity contribution >= 4 is 15.7 Å². The van der Waals surface area contributed by atoms with Gasteiger partial charge in [0.15, 0.2) is 9.84 Å². The highest BCUT2D eigenvalue weighted by atomic mass is 32.2. The second kappa shape index (κ2) is 7.49. The summed E-state index contributed by atoms with van der Waals surface area (Å²) >= 11 is 0. The van der Waals surface area contributed by atoms with Crippen LogP contribution in [0, 0.1) is 0 Å². The molecule has 0 heterocycles. The summed E-state index contributed by atoms with van der Waals surface area (Å²) in [6.07, 6.45) is 1.44. The van der Waals surface area contributed by atoms with Gasteiger partial charge in [0.25, 0.3) is 0 Å². The normalized spacial score (nSPS) is 12.5. The van der Waals surface area contributed by atoms with Crippen molar-refractivity contribution in [1.82, 2.24) is 5.32 Å². The highest BCUT2D eigenvalue weighted by molar-refractivity contribution is 7.90. The lowest BCUT2D eigenvalue weighted by Crippen LogP contribution is -2.28. The van der Waals surface area contributed by atoms with Crippen LogP contribution in [0.3, 0.4) is 0 Å². The third-order valence-electron chi connectivity index (χ3n) is 3.71. The van der Waals surface area contributed by atoms with Gasteiger partial charge in [-0.25, -0.2) is 8.42 Å². The van der Waals surface area contributed by atoms with Crippen LogP contribution < -0.4 is 10.1 Å². The Morgan fingerprint density at radius 3 is 2.17 bits per heavy atom. The van der Waals surface area contributed by atoms with E-state index in [0.717, 1.165) is 16.9 Å². The van der Waals surface area contributed by atoms with E-state index in [-0.39, 0.29) is 23.3 Å². The molecule has 5 nitrogen and oxygen atoms in total. The van der Waals surface area contributed by atoms with Gasteiger partial charge in [-0.2, -0.15) is 0 Å². The summed E-state index contributed by atoms with van der Waals surface area (Å²) in [4.78, 5) is 12.4. The fraction of sp³-hybridized carbons (Fsp3) is 0.278. The van der Waals surface area contributed by atoms with Gasteiger partial charge in [-0.3, -0.25) is 4.79 Å². The van der Waals surface area contributed by atoms with Gasteiger partial charge in [0.1, 0.15) is 5.75 Å².